The van der Waals surface area contributed by atoms with E-state index < -0.39 is 8.97 Å². The van der Waals surface area contributed by atoms with E-state index in [1.807, 2.05) is 0 Å². The van der Waals surface area contributed by atoms with Gasteiger partial charge in [-0.2, -0.15) is 0 Å². The van der Waals surface area contributed by atoms with E-state index in [4.69, 9.17) is 13.3 Å². The third kappa shape index (κ3) is 7.55. The topological polar surface area (TPSA) is 27.7 Å². The summed E-state index contributed by atoms with van der Waals surface area (Å²) >= 11 is 0. The van der Waals surface area contributed by atoms with Gasteiger partial charge in [-0.25, -0.2) is 0 Å². The van der Waals surface area contributed by atoms with Crippen LogP contribution in [0.4, 0.5) is 0 Å². The number of hydrogen-bond acceptors (Lipinski definition) is 3. The molecular formula is C17H40NO3Si+. The summed E-state index contributed by atoms with van der Waals surface area (Å²) in [6, 6.07) is 0. The maximum absolute atomic E-state index is 5.61. The van der Waals surface area contributed by atoms with Crippen LogP contribution in [-0.2, 0) is 13.3 Å². The Bertz CT molecular complexity index is 250. The Morgan fingerprint density at radius 1 is 0.636 bits per heavy atom. The fourth-order valence-corrected chi connectivity index (χ4v) is 5.54. The molecule has 0 saturated heterocycles. The maximum atomic E-state index is 5.61. The largest absolute Gasteiger partial charge is 0.783 e. The minimum Gasteiger partial charge on any atom is -0.328 e. The predicted molar refractivity (Wildman–Crippen MR) is 95.6 cm³/mol. The fraction of sp³-hybridized carbons (Fsp3) is 1.00. The highest BCUT2D eigenvalue weighted by Gasteiger charge is 2.59. The van der Waals surface area contributed by atoms with E-state index >= 15 is 0 Å². The monoisotopic (exact) mass is 334 g/mol. The second-order valence-corrected chi connectivity index (χ2v) is 10.2. The van der Waals surface area contributed by atoms with Gasteiger partial charge in [0.2, 0.25) is 0 Å². The van der Waals surface area contributed by atoms with Crippen molar-refractivity contribution in [2.24, 2.45) is 0 Å². The Morgan fingerprint density at radius 2 is 1.00 bits per heavy atom. The molecule has 0 saturated carbocycles. The first-order valence-electron chi connectivity index (χ1n) is 8.98. The van der Waals surface area contributed by atoms with Crippen LogP contribution >= 0.6 is 0 Å². The molecule has 0 aromatic rings. The summed E-state index contributed by atoms with van der Waals surface area (Å²) < 4.78 is 17.5. The number of nitrogens with zero attached hydrogens (tertiary/aromatic N) is 1. The Labute approximate surface area is 140 Å². The molecule has 134 valence electrons. The maximum Gasteiger partial charge on any atom is 0.783 e. The molecule has 0 unspecified atom stereocenters. The molecule has 0 fully saturated rings. The quantitative estimate of drug-likeness (QED) is 0.329. The summed E-state index contributed by atoms with van der Waals surface area (Å²) in [7, 11) is 6.77. The van der Waals surface area contributed by atoms with Crippen LogP contribution in [0.1, 0.15) is 71.1 Å². The van der Waals surface area contributed by atoms with Gasteiger partial charge in [-0.15, -0.1) is 0 Å². The van der Waals surface area contributed by atoms with Crippen molar-refractivity contribution in [3.05, 3.63) is 0 Å². The van der Waals surface area contributed by atoms with Gasteiger partial charge in [0.1, 0.15) is 0 Å². The van der Waals surface area contributed by atoms with E-state index in [9.17, 15) is 0 Å². The molecule has 0 N–H and O–H groups in total. The SMILES string of the molecule is CCCCCCCCCCCC[N+](C)(C)[Si](OC)(OC)OC. The van der Waals surface area contributed by atoms with Crippen molar-refractivity contribution in [2.45, 2.75) is 71.1 Å². The van der Waals surface area contributed by atoms with Gasteiger partial charge >= 0.3 is 8.97 Å². The zero-order chi connectivity index (χ0) is 16.9. The minimum absolute atomic E-state index is 0.688. The van der Waals surface area contributed by atoms with E-state index in [1.54, 1.807) is 21.3 Å². The Balaban J connectivity index is 3.77. The Hall–Kier alpha value is 0.0569. The molecule has 0 rings (SSSR count). The van der Waals surface area contributed by atoms with Gasteiger partial charge in [0.25, 0.3) is 0 Å². The van der Waals surface area contributed by atoms with Crippen LogP contribution in [0.3, 0.4) is 0 Å². The van der Waals surface area contributed by atoms with Crippen LogP contribution in [-0.4, -0.2) is 55.1 Å². The summed E-state index contributed by atoms with van der Waals surface area (Å²) in [5.41, 5.74) is 0. The highest BCUT2D eigenvalue weighted by atomic mass is 28.4. The summed E-state index contributed by atoms with van der Waals surface area (Å²) in [5.74, 6) is 0. The molecular weight excluding hydrogens is 294 g/mol. The lowest BCUT2D eigenvalue weighted by molar-refractivity contribution is -0.819. The van der Waals surface area contributed by atoms with Crippen molar-refractivity contribution in [1.82, 2.24) is 0 Å². The number of quaternary nitrogens is 1. The van der Waals surface area contributed by atoms with Crippen LogP contribution in [0.25, 0.3) is 0 Å². The van der Waals surface area contributed by atoms with Crippen molar-refractivity contribution in [3.8, 4) is 0 Å². The molecule has 0 aromatic heterocycles. The molecule has 4 nitrogen and oxygen atoms in total. The van der Waals surface area contributed by atoms with Crippen molar-refractivity contribution in [3.63, 3.8) is 0 Å². The molecule has 0 aliphatic rings. The number of unbranched alkanes of at least 4 members (excludes halogenated alkanes) is 9. The second-order valence-electron chi connectivity index (χ2n) is 6.73. The van der Waals surface area contributed by atoms with Gasteiger partial charge in [0.15, 0.2) is 0 Å². The van der Waals surface area contributed by atoms with Crippen molar-refractivity contribution < 1.29 is 17.4 Å². The van der Waals surface area contributed by atoms with E-state index in [1.165, 1.54) is 64.2 Å². The standard InChI is InChI=1S/C17H40NO3Si/c1-7-8-9-10-11-12-13-14-15-16-17-18(2,3)22(19-4,20-5)21-6/h7-17H2,1-6H3/q+1. The molecule has 0 aromatic carbocycles. The van der Waals surface area contributed by atoms with Gasteiger partial charge in [-0.3, -0.25) is 0 Å². The highest BCUT2D eigenvalue weighted by molar-refractivity contribution is 6.52. The second kappa shape index (κ2) is 12.5. The summed E-state index contributed by atoms with van der Waals surface area (Å²) in [6.07, 6.45) is 13.6. The number of hydrogen-bond donors (Lipinski definition) is 0. The van der Waals surface area contributed by atoms with E-state index in [-0.39, 0.29) is 0 Å². The van der Waals surface area contributed by atoms with Crippen LogP contribution in [0.2, 0.25) is 0 Å². The molecule has 0 heterocycles. The highest BCUT2D eigenvalue weighted by Crippen LogP contribution is 2.20. The van der Waals surface area contributed by atoms with E-state index in [2.05, 4.69) is 21.0 Å². The summed E-state index contributed by atoms with van der Waals surface area (Å²) in [6.45, 7) is 3.31. The lowest BCUT2D eigenvalue weighted by Crippen LogP contribution is -2.68. The van der Waals surface area contributed by atoms with Gasteiger partial charge in [-0.1, -0.05) is 58.3 Å². The third-order valence-corrected chi connectivity index (χ3v) is 7.84. The molecule has 5 heteroatoms. The first-order chi connectivity index (χ1) is 10.5. The fourth-order valence-electron chi connectivity index (χ4n) is 3.12. The van der Waals surface area contributed by atoms with E-state index in [0.717, 1.165) is 6.54 Å². The predicted octanol–water partition coefficient (Wildman–Crippen LogP) is 4.36. The smallest absolute Gasteiger partial charge is 0.328 e. The van der Waals surface area contributed by atoms with Crippen LogP contribution in [0.5, 0.6) is 0 Å². The van der Waals surface area contributed by atoms with Gasteiger partial charge in [0, 0.05) is 21.3 Å². The number of rotatable bonds is 15. The lowest BCUT2D eigenvalue weighted by Gasteiger charge is -2.39. The van der Waals surface area contributed by atoms with Crippen molar-refractivity contribution >= 4 is 8.97 Å². The van der Waals surface area contributed by atoms with Crippen LogP contribution in [0.15, 0.2) is 0 Å². The van der Waals surface area contributed by atoms with Crippen LogP contribution < -0.4 is 0 Å². The molecule has 0 aliphatic carbocycles. The summed E-state index contributed by atoms with van der Waals surface area (Å²) in [5, 5.41) is 0. The van der Waals surface area contributed by atoms with Crippen LogP contribution in [0, 0.1) is 0 Å². The van der Waals surface area contributed by atoms with Gasteiger partial charge < -0.3 is 17.4 Å². The van der Waals surface area contributed by atoms with E-state index in [0.29, 0.717) is 4.15 Å². The van der Waals surface area contributed by atoms with Gasteiger partial charge in [-0.05, 0) is 12.8 Å². The molecule has 0 atom stereocenters. The zero-order valence-corrected chi connectivity index (χ0v) is 17.0. The molecule has 0 amide bonds. The minimum atomic E-state index is -2.60. The van der Waals surface area contributed by atoms with Crippen molar-refractivity contribution in [2.75, 3.05) is 42.0 Å². The average Bonchev–Trinajstić information content (AvgIpc) is 2.51. The molecule has 0 radical (unpaired) electrons. The first kappa shape index (κ1) is 22.1. The van der Waals surface area contributed by atoms with Crippen molar-refractivity contribution in [1.29, 1.82) is 0 Å². The summed E-state index contributed by atoms with van der Waals surface area (Å²) in [4.78, 5) is 0. The molecule has 22 heavy (non-hydrogen) atoms. The molecule has 0 aliphatic heterocycles. The molecule has 0 spiro atoms. The lowest BCUT2D eigenvalue weighted by atomic mass is 10.1. The normalized spacial score (nSPS) is 12.8. The Kier molecular flexibility index (Phi) is 12.5. The zero-order valence-electron chi connectivity index (χ0n) is 16.0. The third-order valence-electron chi connectivity index (χ3n) is 4.59. The Morgan fingerprint density at radius 3 is 1.36 bits per heavy atom. The molecule has 0 bridgehead atoms. The first-order valence-corrected chi connectivity index (χ1v) is 10.7. The van der Waals surface area contributed by atoms with Gasteiger partial charge in [0.05, 0.1) is 20.6 Å². The average molecular weight is 335 g/mol.